The van der Waals surface area contributed by atoms with E-state index in [4.69, 9.17) is 23.4 Å². The summed E-state index contributed by atoms with van der Waals surface area (Å²) in [5.74, 6) is 0.826. The molecule has 7 heteroatoms. The van der Waals surface area contributed by atoms with Crippen molar-refractivity contribution in [3.8, 4) is 0 Å². The number of carbonyl (C=O) groups excluding carboxylic acids is 1. The Kier molecular flexibility index (Phi) is 11.8. The van der Waals surface area contributed by atoms with Crippen molar-refractivity contribution in [1.82, 2.24) is 0 Å². The van der Waals surface area contributed by atoms with E-state index in [0.29, 0.717) is 18.8 Å². The molecule has 244 valence electrons. The molecule has 1 aromatic carbocycles. The summed E-state index contributed by atoms with van der Waals surface area (Å²) in [7, 11) is -0.0922. The first-order valence-electron chi connectivity index (χ1n) is 17.1. The van der Waals surface area contributed by atoms with Gasteiger partial charge in [0.25, 0.3) is 0 Å². The molecule has 0 aromatic heterocycles. The van der Waals surface area contributed by atoms with E-state index in [9.17, 15) is 4.79 Å². The molecular weight excluding hydrogens is 556 g/mol. The molecule has 0 amide bonds. The van der Waals surface area contributed by atoms with Crippen molar-refractivity contribution < 1.29 is 28.2 Å². The van der Waals surface area contributed by atoms with Crippen molar-refractivity contribution in [3.63, 3.8) is 0 Å². The van der Waals surface area contributed by atoms with Crippen molar-refractivity contribution >= 4 is 14.1 Å². The number of ether oxygens (including phenoxy) is 4. The maximum Gasteiger partial charge on any atom is 0.191 e. The third-order valence-electron chi connectivity index (χ3n) is 12.7. The van der Waals surface area contributed by atoms with Gasteiger partial charge in [0.2, 0.25) is 0 Å². The van der Waals surface area contributed by atoms with Crippen LogP contribution in [0.15, 0.2) is 30.3 Å². The summed E-state index contributed by atoms with van der Waals surface area (Å²) in [6.45, 7) is 18.0. The quantitative estimate of drug-likeness (QED) is 0.112. The fraction of sp³-hybridized carbons (Fsp3) is 0.806. The molecule has 0 heterocycles. The first-order chi connectivity index (χ1) is 20.6. The van der Waals surface area contributed by atoms with Crippen molar-refractivity contribution in [2.75, 3.05) is 27.3 Å². The molecule has 0 spiro atoms. The largest absolute Gasteiger partial charge is 0.417 e. The highest BCUT2D eigenvalue weighted by Gasteiger charge is 2.69. The molecule has 2 bridgehead atoms. The summed E-state index contributed by atoms with van der Waals surface area (Å²) in [6, 6.07) is 13.7. The van der Waals surface area contributed by atoms with Gasteiger partial charge in [-0.1, -0.05) is 78.8 Å². The van der Waals surface area contributed by atoms with E-state index in [1.165, 1.54) is 0 Å². The first kappa shape index (κ1) is 34.8. The summed E-state index contributed by atoms with van der Waals surface area (Å²) >= 11 is 0. The number of hydrogen-bond donors (Lipinski definition) is 0. The molecule has 3 saturated carbocycles. The minimum Gasteiger partial charge on any atom is -0.417 e. The molecular formula is C36H60O6Si. The summed E-state index contributed by atoms with van der Waals surface area (Å²) < 4.78 is 32.1. The van der Waals surface area contributed by atoms with Crippen molar-refractivity contribution in [1.29, 1.82) is 0 Å². The Balaban J connectivity index is 1.69. The van der Waals surface area contributed by atoms with Gasteiger partial charge in [0.15, 0.2) is 8.32 Å². The molecule has 0 radical (unpaired) electrons. The molecule has 3 aliphatic carbocycles. The van der Waals surface area contributed by atoms with Crippen molar-refractivity contribution in [2.24, 2.45) is 34.0 Å². The summed E-state index contributed by atoms with van der Waals surface area (Å²) in [5, 5.41) is 0. The Morgan fingerprint density at radius 3 is 2.28 bits per heavy atom. The highest BCUT2D eigenvalue weighted by atomic mass is 28.4. The Hall–Kier alpha value is -1.09. The zero-order chi connectivity index (χ0) is 31.3. The van der Waals surface area contributed by atoms with Crippen LogP contribution < -0.4 is 0 Å². The number of carbonyl (C=O) groups is 1. The van der Waals surface area contributed by atoms with Crippen LogP contribution in [0.2, 0.25) is 18.1 Å². The van der Waals surface area contributed by atoms with Gasteiger partial charge in [-0.2, -0.15) is 0 Å². The van der Waals surface area contributed by atoms with Gasteiger partial charge in [0, 0.05) is 31.5 Å². The smallest absolute Gasteiger partial charge is 0.191 e. The minimum atomic E-state index is -1.79. The second-order valence-corrected chi connectivity index (χ2v) is 19.2. The van der Waals surface area contributed by atoms with Crippen LogP contribution >= 0.6 is 0 Å². The molecule has 4 rings (SSSR count). The Bertz CT molecular complexity index is 1020. The van der Waals surface area contributed by atoms with Crippen LogP contribution in [-0.4, -0.2) is 53.6 Å². The molecule has 0 N–H and O–H groups in total. The van der Waals surface area contributed by atoms with Crippen LogP contribution in [0.25, 0.3) is 0 Å². The maximum atomic E-state index is 14.1. The molecule has 0 aliphatic heterocycles. The number of hydrogen-bond acceptors (Lipinski definition) is 6. The van der Waals surface area contributed by atoms with Gasteiger partial charge in [-0.3, -0.25) is 4.79 Å². The molecule has 3 fully saturated rings. The van der Waals surface area contributed by atoms with Crippen LogP contribution in [0.1, 0.15) is 92.6 Å². The molecule has 8 atom stereocenters. The Labute approximate surface area is 263 Å². The highest BCUT2D eigenvalue weighted by Crippen LogP contribution is 2.68. The number of rotatable bonds is 15. The van der Waals surface area contributed by atoms with Gasteiger partial charge in [0.05, 0.1) is 18.8 Å². The first-order valence-corrected chi connectivity index (χ1v) is 19.6. The average Bonchev–Trinajstić information content (AvgIpc) is 3.38. The summed E-state index contributed by atoms with van der Waals surface area (Å²) in [4.78, 5) is 14.1. The van der Waals surface area contributed by atoms with E-state index in [0.717, 1.165) is 62.4 Å². The van der Waals surface area contributed by atoms with Gasteiger partial charge in [0.1, 0.15) is 19.4 Å². The molecule has 0 saturated heterocycles. The topological polar surface area (TPSA) is 63.2 Å². The minimum absolute atomic E-state index is 0.0481. The second-order valence-electron chi connectivity index (χ2n) is 14.4. The maximum absolute atomic E-state index is 14.1. The lowest BCUT2D eigenvalue weighted by atomic mass is 9.43. The van der Waals surface area contributed by atoms with Gasteiger partial charge in [-0.25, -0.2) is 0 Å². The van der Waals surface area contributed by atoms with Gasteiger partial charge in [-0.15, -0.1) is 0 Å². The third kappa shape index (κ3) is 6.59. The number of ketones is 1. The molecule has 43 heavy (non-hydrogen) atoms. The van der Waals surface area contributed by atoms with Gasteiger partial charge >= 0.3 is 0 Å². The Morgan fingerprint density at radius 2 is 1.65 bits per heavy atom. The van der Waals surface area contributed by atoms with Gasteiger partial charge in [-0.05, 0) is 78.5 Å². The SMILES string of the molecule is CC[C@]1(C)C[C@@H](OCOC)[C@@]2(C)C3C(=O)CC[C@@]3(CC[C@H]2CO[Si](CC)(CC)CC)[C@@H](C)[C@@H]1OCOCc1ccccc1. The normalized spacial score (nSPS) is 36.3. The lowest BCUT2D eigenvalue weighted by molar-refractivity contribution is -0.248. The zero-order valence-corrected chi connectivity index (χ0v) is 29.4. The number of benzene rings is 1. The average molecular weight is 617 g/mol. The van der Waals surface area contributed by atoms with Crippen LogP contribution in [0.5, 0.6) is 0 Å². The van der Waals surface area contributed by atoms with Crippen molar-refractivity contribution in [2.45, 2.75) is 124 Å². The fourth-order valence-electron chi connectivity index (χ4n) is 9.55. The number of Topliss-reactive ketones (excluding diaryl/α,β-unsaturated/α-hetero) is 1. The lowest BCUT2D eigenvalue weighted by Gasteiger charge is -2.63. The zero-order valence-electron chi connectivity index (χ0n) is 28.4. The van der Waals surface area contributed by atoms with E-state index >= 15 is 0 Å². The van der Waals surface area contributed by atoms with Crippen LogP contribution in [0.4, 0.5) is 0 Å². The van der Waals surface area contributed by atoms with Gasteiger partial charge < -0.3 is 23.4 Å². The summed E-state index contributed by atoms with van der Waals surface area (Å²) in [6.07, 6.45) is 5.25. The number of methoxy groups -OCH3 is 1. The molecule has 6 nitrogen and oxygen atoms in total. The van der Waals surface area contributed by atoms with Crippen LogP contribution in [0.3, 0.4) is 0 Å². The second kappa shape index (κ2) is 14.6. The van der Waals surface area contributed by atoms with E-state index in [1.807, 2.05) is 18.2 Å². The standard InChI is InChI=1S/C36H60O6Si/c1-9-34(6)22-31(40-25-38-8)35(7)29(24-42-43(10-2,11-3)12-4)18-20-36(21-19-30(37)32(35)36)27(5)33(34)41-26-39-23-28-16-14-13-15-17-28/h13-17,27,29,31-33H,9-12,18-26H2,1-8H3/t27-,29-,31+,32?,33-,34+,35-,36-/m0/s1. The molecule has 1 aromatic rings. The highest BCUT2D eigenvalue weighted by molar-refractivity contribution is 6.73. The van der Waals surface area contributed by atoms with E-state index in [-0.39, 0.29) is 59.8 Å². The van der Waals surface area contributed by atoms with Crippen LogP contribution in [0, 0.1) is 34.0 Å². The molecule has 3 aliphatic rings. The summed E-state index contributed by atoms with van der Waals surface area (Å²) in [5.41, 5.74) is 0.531. The fourth-order valence-corrected chi connectivity index (χ4v) is 12.2. The Morgan fingerprint density at radius 1 is 0.953 bits per heavy atom. The van der Waals surface area contributed by atoms with E-state index in [2.05, 4.69) is 60.6 Å². The predicted octanol–water partition coefficient (Wildman–Crippen LogP) is 8.39. The lowest BCUT2D eigenvalue weighted by Crippen LogP contribution is -2.64. The van der Waals surface area contributed by atoms with E-state index < -0.39 is 8.32 Å². The third-order valence-corrected chi connectivity index (χ3v) is 17.4. The molecule has 1 unspecified atom stereocenters. The van der Waals surface area contributed by atoms with Crippen LogP contribution in [-0.2, 0) is 34.8 Å². The van der Waals surface area contributed by atoms with Crippen molar-refractivity contribution in [3.05, 3.63) is 35.9 Å². The predicted molar refractivity (Wildman–Crippen MR) is 174 cm³/mol. The van der Waals surface area contributed by atoms with E-state index in [1.54, 1.807) is 7.11 Å². The monoisotopic (exact) mass is 616 g/mol.